The summed E-state index contributed by atoms with van der Waals surface area (Å²) in [6.45, 7) is 5.18. The minimum absolute atomic E-state index is 0.298. The van der Waals surface area contributed by atoms with Gasteiger partial charge in [0.1, 0.15) is 5.82 Å². The lowest BCUT2D eigenvalue weighted by Gasteiger charge is -2.06. The quantitative estimate of drug-likeness (QED) is 0.882. The van der Waals surface area contributed by atoms with Crippen molar-refractivity contribution in [1.29, 1.82) is 0 Å². The van der Waals surface area contributed by atoms with E-state index in [2.05, 4.69) is 23.4 Å². The highest BCUT2D eigenvalue weighted by Crippen LogP contribution is 2.19. The molecule has 0 aliphatic carbocycles. The zero-order valence-corrected chi connectivity index (χ0v) is 10.8. The van der Waals surface area contributed by atoms with Gasteiger partial charge in [0.15, 0.2) is 0 Å². The molecule has 0 bridgehead atoms. The molecule has 96 valence electrons. The summed E-state index contributed by atoms with van der Waals surface area (Å²) in [4.78, 5) is 15.5. The van der Waals surface area contributed by atoms with Gasteiger partial charge in [-0.25, -0.2) is 9.78 Å². The van der Waals surface area contributed by atoms with Crippen LogP contribution in [0.15, 0.2) is 18.2 Å². The number of aromatic nitrogens is 2. The number of carbonyl (C=O) groups is 1. The maximum Gasteiger partial charge on any atom is 0.335 e. The number of fused-ring (bicyclic) bond motifs is 1. The second kappa shape index (κ2) is 5.21. The largest absolute Gasteiger partial charge is 0.478 e. The van der Waals surface area contributed by atoms with Crippen LogP contribution >= 0.6 is 0 Å². The number of imidazole rings is 1. The summed E-state index contributed by atoms with van der Waals surface area (Å²) < 4.78 is 2.20. The molecule has 0 saturated heterocycles. The van der Waals surface area contributed by atoms with Crippen molar-refractivity contribution in [1.82, 2.24) is 9.55 Å². The lowest BCUT2D eigenvalue weighted by atomic mass is 10.2. The Bertz CT molecular complexity index is 572. The molecule has 4 nitrogen and oxygen atoms in total. The van der Waals surface area contributed by atoms with Crippen molar-refractivity contribution in [2.45, 2.75) is 39.7 Å². The molecule has 4 heteroatoms. The lowest BCUT2D eigenvalue weighted by Crippen LogP contribution is -2.03. The normalized spacial score (nSPS) is 11.0. The first-order valence-corrected chi connectivity index (χ1v) is 6.39. The van der Waals surface area contributed by atoms with Crippen LogP contribution in [-0.4, -0.2) is 20.6 Å². The Hall–Kier alpha value is -1.84. The number of aryl methyl sites for hydroxylation is 2. The van der Waals surface area contributed by atoms with E-state index in [-0.39, 0.29) is 0 Å². The topological polar surface area (TPSA) is 55.1 Å². The van der Waals surface area contributed by atoms with Crippen molar-refractivity contribution in [3.05, 3.63) is 29.6 Å². The number of hydrogen-bond acceptors (Lipinski definition) is 2. The minimum Gasteiger partial charge on any atom is -0.478 e. The Labute approximate surface area is 106 Å². The zero-order chi connectivity index (χ0) is 13.1. The van der Waals surface area contributed by atoms with Gasteiger partial charge in [-0.3, -0.25) is 0 Å². The number of carboxylic acids is 1. The van der Waals surface area contributed by atoms with Crippen molar-refractivity contribution < 1.29 is 9.90 Å². The molecule has 1 aromatic heterocycles. The fraction of sp³-hybridized carbons (Fsp3) is 0.429. The number of nitrogens with zero attached hydrogens (tertiary/aromatic N) is 2. The van der Waals surface area contributed by atoms with Gasteiger partial charge in [-0.2, -0.15) is 0 Å². The van der Waals surface area contributed by atoms with Gasteiger partial charge < -0.3 is 9.67 Å². The summed E-state index contributed by atoms with van der Waals surface area (Å²) >= 11 is 0. The number of benzene rings is 1. The van der Waals surface area contributed by atoms with Gasteiger partial charge >= 0.3 is 5.97 Å². The molecule has 1 heterocycles. The van der Waals surface area contributed by atoms with Gasteiger partial charge in [0.2, 0.25) is 0 Å². The average molecular weight is 246 g/mol. The molecule has 0 aliphatic heterocycles. The van der Waals surface area contributed by atoms with Gasteiger partial charge in [-0.1, -0.05) is 13.8 Å². The molecule has 2 rings (SSSR count). The molecule has 1 N–H and O–H groups in total. The highest BCUT2D eigenvalue weighted by atomic mass is 16.4. The van der Waals surface area contributed by atoms with Gasteiger partial charge in [-0.05, 0) is 31.0 Å². The molecule has 0 fully saturated rings. The Morgan fingerprint density at radius 3 is 2.72 bits per heavy atom. The van der Waals surface area contributed by atoms with Gasteiger partial charge in [0, 0.05) is 13.0 Å². The average Bonchev–Trinajstić information content (AvgIpc) is 2.68. The van der Waals surface area contributed by atoms with Gasteiger partial charge in [0.25, 0.3) is 0 Å². The van der Waals surface area contributed by atoms with E-state index in [4.69, 9.17) is 5.11 Å². The molecule has 0 aliphatic rings. The van der Waals surface area contributed by atoms with Crippen molar-refractivity contribution >= 4 is 17.0 Å². The van der Waals surface area contributed by atoms with Crippen LogP contribution < -0.4 is 0 Å². The van der Waals surface area contributed by atoms with Crippen molar-refractivity contribution in [3.8, 4) is 0 Å². The van der Waals surface area contributed by atoms with Crippen LogP contribution in [0.4, 0.5) is 0 Å². The zero-order valence-electron chi connectivity index (χ0n) is 10.8. The summed E-state index contributed by atoms with van der Waals surface area (Å²) in [6, 6.07) is 5.16. The first kappa shape index (κ1) is 12.6. The molecule has 0 radical (unpaired) electrons. The van der Waals surface area contributed by atoms with Crippen molar-refractivity contribution in [2.75, 3.05) is 0 Å². The van der Waals surface area contributed by atoms with Crippen LogP contribution in [0.3, 0.4) is 0 Å². The first-order chi connectivity index (χ1) is 8.67. The summed E-state index contributed by atoms with van der Waals surface area (Å²) in [7, 11) is 0. The first-order valence-electron chi connectivity index (χ1n) is 6.39. The summed E-state index contributed by atoms with van der Waals surface area (Å²) in [6.07, 6.45) is 3.01. The highest BCUT2D eigenvalue weighted by Gasteiger charge is 2.11. The maximum absolute atomic E-state index is 11.0. The molecule has 0 unspecified atom stereocenters. The third-order valence-corrected chi connectivity index (χ3v) is 3.00. The Morgan fingerprint density at radius 2 is 2.11 bits per heavy atom. The smallest absolute Gasteiger partial charge is 0.335 e. The van der Waals surface area contributed by atoms with E-state index < -0.39 is 5.97 Å². The predicted molar refractivity (Wildman–Crippen MR) is 71.0 cm³/mol. The van der Waals surface area contributed by atoms with E-state index in [1.807, 2.05) is 6.07 Å². The third kappa shape index (κ3) is 2.23. The van der Waals surface area contributed by atoms with E-state index in [0.717, 1.165) is 42.7 Å². The molecule has 1 aromatic carbocycles. The van der Waals surface area contributed by atoms with Crippen LogP contribution in [-0.2, 0) is 13.0 Å². The summed E-state index contributed by atoms with van der Waals surface area (Å²) in [5, 5.41) is 8.99. The fourth-order valence-electron chi connectivity index (χ4n) is 2.20. The number of rotatable bonds is 5. The van der Waals surface area contributed by atoms with Crippen LogP contribution in [0.25, 0.3) is 11.0 Å². The van der Waals surface area contributed by atoms with E-state index in [0.29, 0.717) is 5.56 Å². The standard InChI is InChI=1S/C14H18N2O2/c1-3-5-13-15-11-9-10(14(17)18)6-7-12(11)16(13)8-4-2/h6-7,9H,3-5,8H2,1-2H3,(H,17,18). The van der Waals surface area contributed by atoms with Gasteiger partial charge in [0.05, 0.1) is 16.6 Å². The van der Waals surface area contributed by atoms with E-state index >= 15 is 0 Å². The monoisotopic (exact) mass is 246 g/mol. The van der Waals surface area contributed by atoms with E-state index in [1.54, 1.807) is 12.1 Å². The molecular weight excluding hydrogens is 228 g/mol. The number of hydrogen-bond donors (Lipinski definition) is 1. The summed E-state index contributed by atoms with van der Waals surface area (Å²) in [5.41, 5.74) is 2.11. The minimum atomic E-state index is -0.904. The Morgan fingerprint density at radius 1 is 1.33 bits per heavy atom. The molecular formula is C14H18N2O2. The maximum atomic E-state index is 11.0. The summed E-state index contributed by atoms with van der Waals surface area (Å²) in [5.74, 6) is 0.149. The molecule has 0 saturated carbocycles. The van der Waals surface area contributed by atoms with Crippen molar-refractivity contribution in [3.63, 3.8) is 0 Å². The van der Waals surface area contributed by atoms with Crippen LogP contribution in [0, 0.1) is 0 Å². The Balaban J connectivity index is 2.56. The number of carboxylic acid groups (broad SMARTS) is 1. The molecule has 0 atom stereocenters. The second-order valence-corrected chi connectivity index (χ2v) is 4.44. The molecule has 0 amide bonds. The lowest BCUT2D eigenvalue weighted by molar-refractivity contribution is 0.0697. The van der Waals surface area contributed by atoms with E-state index in [1.165, 1.54) is 0 Å². The van der Waals surface area contributed by atoms with Crippen molar-refractivity contribution in [2.24, 2.45) is 0 Å². The fourth-order valence-corrected chi connectivity index (χ4v) is 2.20. The van der Waals surface area contributed by atoms with Gasteiger partial charge in [-0.15, -0.1) is 0 Å². The Kier molecular flexibility index (Phi) is 3.65. The second-order valence-electron chi connectivity index (χ2n) is 4.44. The predicted octanol–water partition coefficient (Wildman–Crippen LogP) is 3.10. The van der Waals surface area contributed by atoms with Crippen LogP contribution in [0.2, 0.25) is 0 Å². The molecule has 0 spiro atoms. The molecule has 18 heavy (non-hydrogen) atoms. The van der Waals surface area contributed by atoms with Crippen LogP contribution in [0.5, 0.6) is 0 Å². The SMILES string of the molecule is CCCc1nc2cc(C(=O)O)ccc2n1CCC. The third-order valence-electron chi connectivity index (χ3n) is 3.00. The van der Waals surface area contributed by atoms with Crippen LogP contribution in [0.1, 0.15) is 42.9 Å². The highest BCUT2D eigenvalue weighted by molar-refractivity contribution is 5.92. The number of aromatic carboxylic acids is 1. The molecule has 2 aromatic rings. The van der Waals surface area contributed by atoms with E-state index in [9.17, 15) is 4.79 Å².